The Labute approximate surface area is 121 Å². The number of fused-ring (bicyclic) bond motifs is 1. The van der Waals surface area contributed by atoms with Gasteiger partial charge in [0.05, 0.1) is 0 Å². The van der Waals surface area contributed by atoms with Crippen molar-refractivity contribution in [2.75, 3.05) is 6.54 Å². The van der Waals surface area contributed by atoms with Gasteiger partial charge < -0.3 is 5.32 Å². The van der Waals surface area contributed by atoms with Crippen LogP contribution in [0.25, 0.3) is 0 Å². The van der Waals surface area contributed by atoms with E-state index in [1.54, 1.807) is 4.88 Å². The van der Waals surface area contributed by atoms with Gasteiger partial charge in [0, 0.05) is 15.8 Å². The molecule has 0 aliphatic heterocycles. The van der Waals surface area contributed by atoms with Crippen molar-refractivity contribution in [3.05, 3.63) is 21.4 Å². The minimum absolute atomic E-state index is 0.645. The molecule has 0 saturated heterocycles. The number of aryl methyl sites for hydroxylation is 2. The fourth-order valence-corrected chi connectivity index (χ4v) is 5.38. The predicted octanol–water partition coefficient (Wildman–Crippen LogP) is 4.84. The lowest BCUT2D eigenvalue weighted by atomic mass is 10.0. The number of rotatable bonds is 5. The third kappa shape index (κ3) is 2.62. The third-order valence-electron chi connectivity index (χ3n) is 5.08. The van der Waals surface area contributed by atoms with Gasteiger partial charge in [0.25, 0.3) is 0 Å². The van der Waals surface area contributed by atoms with Crippen LogP contribution in [0.2, 0.25) is 0 Å². The maximum absolute atomic E-state index is 3.87. The average Bonchev–Trinajstić information content (AvgIpc) is 3.02. The SMILES string of the molecule is CCCNC(c1sc(C)cc1C)C1C2CCCCC21. The Morgan fingerprint density at radius 2 is 1.95 bits per heavy atom. The van der Waals surface area contributed by atoms with Gasteiger partial charge in [-0.2, -0.15) is 0 Å². The van der Waals surface area contributed by atoms with Crippen molar-refractivity contribution in [2.45, 2.75) is 58.9 Å². The topological polar surface area (TPSA) is 12.0 Å². The van der Waals surface area contributed by atoms with E-state index in [4.69, 9.17) is 0 Å². The molecule has 2 saturated carbocycles. The Morgan fingerprint density at radius 3 is 2.47 bits per heavy atom. The maximum atomic E-state index is 3.87. The number of hydrogen-bond donors (Lipinski definition) is 1. The van der Waals surface area contributed by atoms with Crippen molar-refractivity contribution in [2.24, 2.45) is 17.8 Å². The smallest absolute Gasteiger partial charge is 0.0451 e. The normalized spacial score (nSPS) is 31.0. The summed E-state index contributed by atoms with van der Waals surface area (Å²) in [6, 6.07) is 3.01. The zero-order valence-corrected chi connectivity index (χ0v) is 13.4. The van der Waals surface area contributed by atoms with E-state index < -0.39 is 0 Å². The summed E-state index contributed by atoms with van der Waals surface area (Å²) in [7, 11) is 0. The van der Waals surface area contributed by atoms with Crippen molar-refractivity contribution in [3.63, 3.8) is 0 Å². The Bertz CT molecular complexity index is 424. The molecule has 2 aliphatic rings. The minimum Gasteiger partial charge on any atom is -0.309 e. The number of nitrogens with one attached hydrogen (secondary N) is 1. The molecule has 0 aromatic carbocycles. The molecule has 19 heavy (non-hydrogen) atoms. The molecule has 0 spiro atoms. The van der Waals surface area contributed by atoms with E-state index in [1.165, 1.54) is 42.5 Å². The molecule has 0 bridgehead atoms. The van der Waals surface area contributed by atoms with E-state index in [0.29, 0.717) is 6.04 Å². The third-order valence-corrected chi connectivity index (χ3v) is 6.32. The molecule has 3 unspecified atom stereocenters. The molecular weight excluding hydrogens is 250 g/mol. The summed E-state index contributed by atoms with van der Waals surface area (Å²) in [5.41, 5.74) is 1.51. The molecule has 0 amide bonds. The van der Waals surface area contributed by atoms with Crippen LogP contribution in [-0.4, -0.2) is 6.54 Å². The van der Waals surface area contributed by atoms with Gasteiger partial charge in [0.2, 0.25) is 0 Å². The van der Waals surface area contributed by atoms with Gasteiger partial charge in [-0.25, -0.2) is 0 Å². The second-order valence-electron chi connectivity index (χ2n) is 6.53. The first-order chi connectivity index (χ1) is 9.22. The van der Waals surface area contributed by atoms with E-state index in [1.807, 2.05) is 11.3 Å². The van der Waals surface area contributed by atoms with Crippen molar-refractivity contribution < 1.29 is 0 Å². The highest BCUT2D eigenvalue weighted by Crippen LogP contribution is 2.61. The summed E-state index contributed by atoms with van der Waals surface area (Å²) in [4.78, 5) is 3.10. The molecule has 106 valence electrons. The van der Waals surface area contributed by atoms with Crippen LogP contribution in [0.5, 0.6) is 0 Å². The lowest BCUT2D eigenvalue weighted by Crippen LogP contribution is -2.24. The van der Waals surface area contributed by atoms with E-state index >= 15 is 0 Å². The summed E-state index contributed by atoms with van der Waals surface area (Å²) >= 11 is 2.02. The maximum Gasteiger partial charge on any atom is 0.0451 e. The molecule has 1 heterocycles. The summed E-state index contributed by atoms with van der Waals surface area (Å²) < 4.78 is 0. The van der Waals surface area contributed by atoms with E-state index in [-0.39, 0.29) is 0 Å². The molecule has 0 radical (unpaired) electrons. The summed E-state index contributed by atoms with van der Waals surface area (Å²) in [5, 5.41) is 3.87. The molecule has 1 aromatic heterocycles. The summed E-state index contributed by atoms with van der Waals surface area (Å²) in [6.45, 7) is 7.98. The monoisotopic (exact) mass is 277 g/mol. The largest absolute Gasteiger partial charge is 0.309 e. The molecule has 3 rings (SSSR count). The lowest BCUT2D eigenvalue weighted by Gasteiger charge is -2.19. The highest BCUT2D eigenvalue weighted by atomic mass is 32.1. The van der Waals surface area contributed by atoms with Crippen LogP contribution >= 0.6 is 11.3 Å². The molecule has 3 atom stereocenters. The van der Waals surface area contributed by atoms with Crippen LogP contribution in [0.15, 0.2) is 6.07 Å². The summed E-state index contributed by atoms with van der Waals surface area (Å²) in [6.07, 6.45) is 7.16. The van der Waals surface area contributed by atoms with Crippen LogP contribution < -0.4 is 5.32 Å². The second-order valence-corrected chi connectivity index (χ2v) is 7.81. The fourth-order valence-electron chi connectivity index (χ4n) is 4.21. The molecule has 2 fully saturated rings. The first kappa shape index (κ1) is 13.6. The Morgan fingerprint density at radius 1 is 1.26 bits per heavy atom. The quantitative estimate of drug-likeness (QED) is 0.812. The highest BCUT2D eigenvalue weighted by Gasteiger charge is 2.54. The van der Waals surface area contributed by atoms with Gasteiger partial charge in [0.15, 0.2) is 0 Å². The van der Waals surface area contributed by atoms with Crippen LogP contribution in [-0.2, 0) is 0 Å². The van der Waals surface area contributed by atoms with Gasteiger partial charge in [-0.05, 0) is 69.0 Å². The average molecular weight is 277 g/mol. The molecule has 1 aromatic rings. The zero-order chi connectivity index (χ0) is 13.4. The second kappa shape index (κ2) is 5.57. The number of hydrogen-bond acceptors (Lipinski definition) is 2. The van der Waals surface area contributed by atoms with Crippen molar-refractivity contribution in [1.82, 2.24) is 5.32 Å². The van der Waals surface area contributed by atoms with E-state index in [0.717, 1.165) is 24.3 Å². The molecule has 1 N–H and O–H groups in total. The predicted molar refractivity (Wildman–Crippen MR) is 83.8 cm³/mol. The Balaban J connectivity index is 1.80. The van der Waals surface area contributed by atoms with Crippen LogP contribution in [0.1, 0.15) is 60.4 Å². The first-order valence-electron chi connectivity index (χ1n) is 8.02. The molecule has 1 nitrogen and oxygen atoms in total. The standard InChI is InChI=1S/C17H27NS/c1-4-9-18-16(17-11(2)10-12(3)19-17)15-13-7-5-6-8-14(13)15/h10,13-16,18H,4-9H2,1-3H3. The molecule has 2 aliphatic carbocycles. The van der Waals surface area contributed by atoms with Crippen LogP contribution in [0, 0.1) is 31.6 Å². The van der Waals surface area contributed by atoms with E-state index in [2.05, 4.69) is 32.2 Å². The van der Waals surface area contributed by atoms with Crippen LogP contribution in [0.4, 0.5) is 0 Å². The van der Waals surface area contributed by atoms with Gasteiger partial charge in [-0.15, -0.1) is 11.3 Å². The Hall–Kier alpha value is -0.340. The van der Waals surface area contributed by atoms with E-state index in [9.17, 15) is 0 Å². The number of thiophene rings is 1. The van der Waals surface area contributed by atoms with Gasteiger partial charge >= 0.3 is 0 Å². The van der Waals surface area contributed by atoms with Crippen molar-refractivity contribution in [3.8, 4) is 0 Å². The van der Waals surface area contributed by atoms with Crippen molar-refractivity contribution in [1.29, 1.82) is 0 Å². The molecular formula is C17H27NS. The van der Waals surface area contributed by atoms with Gasteiger partial charge in [-0.1, -0.05) is 19.8 Å². The lowest BCUT2D eigenvalue weighted by molar-refractivity contribution is 0.450. The minimum atomic E-state index is 0.645. The molecule has 2 heteroatoms. The Kier molecular flexibility index (Phi) is 4.00. The van der Waals surface area contributed by atoms with Crippen molar-refractivity contribution >= 4 is 11.3 Å². The van der Waals surface area contributed by atoms with Gasteiger partial charge in [-0.3, -0.25) is 0 Å². The summed E-state index contributed by atoms with van der Waals surface area (Å²) in [5.74, 6) is 3.00. The van der Waals surface area contributed by atoms with Gasteiger partial charge in [0.1, 0.15) is 0 Å². The first-order valence-corrected chi connectivity index (χ1v) is 8.84. The highest BCUT2D eigenvalue weighted by molar-refractivity contribution is 7.12. The zero-order valence-electron chi connectivity index (χ0n) is 12.5. The van der Waals surface area contributed by atoms with Crippen LogP contribution in [0.3, 0.4) is 0 Å². The fraction of sp³-hybridized carbons (Fsp3) is 0.765.